The summed E-state index contributed by atoms with van der Waals surface area (Å²) in [6, 6.07) is 75.6. The highest BCUT2D eigenvalue weighted by molar-refractivity contribution is 7.26. The van der Waals surface area contributed by atoms with Gasteiger partial charge in [0, 0.05) is 53.7 Å². The van der Waals surface area contributed by atoms with E-state index >= 15 is 0 Å². The standard InChI is InChI=1S/C54H34N2S2/c1-3-15-35(16-4-1)55(49-25-13-23-45-43-21-9-11-27-51(43)57-53(45)49)37-29-31-41-42-32-30-38(34-48(42)40-20-8-7-19-39(40)47(41)33-37)56(36-17-5-2-6-18-36)50-26-14-24-46-44-22-10-12-28-52(44)58-54(46)50/h1-34H. The van der Waals surface area contributed by atoms with Gasteiger partial charge >= 0.3 is 0 Å². The quantitative estimate of drug-likeness (QED) is 0.155. The Balaban J connectivity index is 1.08. The second-order valence-corrected chi connectivity index (χ2v) is 17.0. The summed E-state index contributed by atoms with van der Waals surface area (Å²) in [6.07, 6.45) is 0. The van der Waals surface area contributed by atoms with Crippen LogP contribution in [0.4, 0.5) is 34.1 Å². The third-order valence-electron chi connectivity index (χ3n) is 11.6. The molecule has 0 bridgehead atoms. The van der Waals surface area contributed by atoms with Gasteiger partial charge in [-0.05, 0) is 105 Å². The molecule has 0 aliphatic carbocycles. The van der Waals surface area contributed by atoms with Gasteiger partial charge in [-0.1, -0.05) is 133 Å². The van der Waals surface area contributed by atoms with Crippen molar-refractivity contribution in [3.63, 3.8) is 0 Å². The molecule has 58 heavy (non-hydrogen) atoms. The fourth-order valence-electron chi connectivity index (χ4n) is 9.04. The number of fused-ring (bicyclic) bond motifs is 12. The van der Waals surface area contributed by atoms with Crippen LogP contribution in [0.25, 0.3) is 72.7 Å². The average molecular weight is 775 g/mol. The number of anilines is 6. The Bertz CT molecular complexity index is 3270. The van der Waals surface area contributed by atoms with Crippen LogP contribution in [0.3, 0.4) is 0 Å². The molecule has 272 valence electrons. The topological polar surface area (TPSA) is 6.48 Å². The second kappa shape index (κ2) is 13.3. The minimum atomic E-state index is 1.14. The van der Waals surface area contributed by atoms with Gasteiger partial charge in [-0.2, -0.15) is 0 Å². The number of nitrogens with zero attached hydrogens (tertiary/aromatic N) is 2. The average Bonchev–Trinajstić information content (AvgIpc) is 3.87. The zero-order valence-electron chi connectivity index (χ0n) is 31.3. The first-order valence-electron chi connectivity index (χ1n) is 19.7. The van der Waals surface area contributed by atoms with Crippen LogP contribution < -0.4 is 9.80 Å². The molecule has 0 amide bonds. The van der Waals surface area contributed by atoms with Gasteiger partial charge in [0.25, 0.3) is 0 Å². The molecule has 0 spiro atoms. The molecule has 0 radical (unpaired) electrons. The first kappa shape index (κ1) is 33.2. The van der Waals surface area contributed by atoms with Crippen LogP contribution in [0.15, 0.2) is 206 Å². The van der Waals surface area contributed by atoms with E-state index in [0.29, 0.717) is 0 Å². The molecule has 0 aliphatic rings. The van der Waals surface area contributed by atoms with Crippen LogP contribution in [0.2, 0.25) is 0 Å². The van der Waals surface area contributed by atoms with Gasteiger partial charge in [0.05, 0.1) is 20.8 Å². The maximum Gasteiger partial charge on any atom is 0.0640 e. The summed E-state index contributed by atoms with van der Waals surface area (Å²) in [7, 11) is 0. The first-order valence-corrected chi connectivity index (χ1v) is 21.3. The Morgan fingerprint density at radius 1 is 0.241 bits per heavy atom. The van der Waals surface area contributed by atoms with E-state index in [1.54, 1.807) is 0 Å². The zero-order chi connectivity index (χ0) is 38.2. The summed E-state index contributed by atoms with van der Waals surface area (Å²) >= 11 is 3.74. The lowest BCUT2D eigenvalue weighted by Gasteiger charge is -2.27. The maximum absolute atomic E-state index is 2.44. The number of thiophene rings is 2. The summed E-state index contributed by atoms with van der Waals surface area (Å²) < 4.78 is 5.19. The number of rotatable bonds is 6. The zero-order valence-corrected chi connectivity index (χ0v) is 33.0. The molecular formula is C54H34N2S2. The minimum absolute atomic E-state index is 1.14. The lowest BCUT2D eigenvalue weighted by atomic mass is 9.93. The molecule has 0 fully saturated rings. The fourth-order valence-corrected chi connectivity index (χ4v) is 11.4. The highest BCUT2D eigenvalue weighted by Gasteiger charge is 2.22. The van der Waals surface area contributed by atoms with Gasteiger partial charge in [-0.3, -0.25) is 0 Å². The normalized spacial score (nSPS) is 11.8. The van der Waals surface area contributed by atoms with E-state index in [9.17, 15) is 0 Å². The van der Waals surface area contributed by atoms with Crippen LogP contribution in [0.1, 0.15) is 0 Å². The molecule has 4 heteroatoms. The fraction of sp³-hybridized carbons (Fsp3) is 0. The Kier molecular flexibility index (Phi) is 7.62. The SMILES string of the molecule is c1ccc(N(c2ccc3c4ccc(N(c5ccccc5)c5cccc6c5sc5ccccc56)cc4c4ccccc4c3c2)c2cccc3c2sc2ccccc23)cc1. The predicted octanol–water partition coefficient (Wildman–Crippen LogP) is 16.8. The number of para-hydroxylation sites is 2. The van der Waals surface area contributed by atoms with E-state index in [-0.39, 0.29) is 0 Å². The van der Waals surface area contributed by atoms with Gasteiger partial charge in [0.1, 0.15) is 0 Å². The van der Waals surface area contributed by atoms with Crippen LogP contribution in [0, 0.1) is 0 Å². The van der Waals surface area contributed by atoms with Crippen molar-refractivity contribution < 1.29 is 0 Å². The van der Waals surface area contributed by atoms with Crippen molar-refractivity contribution in [2.45, 2.75) is 0 Å². The molecule has 0 atom stereocenters. The minimum Gasteiger partial charge on any atom is -0.309 e. The summed E-state index contributed by atoms with van der Waals surface area (Å²) in [4.78, 5) is 4.87. The lowest BCUT2D eigenvalue weighted by molar-refractivity contribution is 1.31. The molecule has 0 unspecified atom stereocenters. The molecule has 2 aromatic heterocycles. The molecule has 2 heterocycles. The van der Waals surface area contributed by atoms with E-state index in [4.69, 9.17) is 0 Å². The van der Waals surface area contributed by atoms with E-state index in [1.165, 1.54) is 84.0 Å². The Morgan fingerprint density at radius 2 is 0.603 bits per heavy atom. The van der Waals surface area contributed by atoms with Crippen molar-refractivity contribution in [3.8, 4) is 0 Å². The smallest absolute Gasteiger partial charge is 0.0640 e. The number of hydrogen-bond acceptors (Lipinski definition) is 4. The monoisotopic (exact) mass is 774 g/mol. The summed E-state index contributed by atoms with van der Waals surface area (Å²) in [5, 5.41) is 12.7. The lowest BCUT2D eigenvalue weighted by Crippen LogP contribution is -2.10. The molecule has 12 aromatic rings. The molecule has 10 aromatic carbocycles. The first-order chi connectivity index (χ1) is 28.8. The van der Waals surface area contributed by atoms with Crippen molar-refractivity contribution in [2.75, 3.05) is 9.80 Å². The van der Waals surface area contributed by atoms with Gasteiger partial charge < -0.3 is 9.80 Å². The third kappa shape index (κ3) is 5.16. The van der Waals surface area contributed by atoms with E-state index < -0.39 is 0 Å². The Labute approximate surface area is 343 Å². The van der Waals surface area contributed by atoms with Crippen molar-refractivity contribution in [2.24, 2.45) is 0 Å². The highest BCUT2D eigenvalue weighted by Crippen LogP contribution is 2.48. The van der Waals surface area contributed by atoms with Crippen LogP contribution in [0.5, 0.6) is 0 Å². The maximum atomic E-state index is 2.44. The van der Waals surface area contributed by atoms with Crippen molar-refractivity contribution in [1.82, 2.24) is 0 Å². The highest BCUT2D eigenvalue weighted by atomic mass is 32.1. The summed E-state index contributed by atoms with van der Waals surface area (Å²) in [6.45, 7) is 0. The largest absolute Gasteiger partial charge is 0.309 e. The van der Waals surface area contributed by atoms with Crippen molar-refractivity contribution >= 4 is 129 Å². The van der Waals surface area contributed by atoms with Crippen molar-refractivity contribution in [1.29, 1.82) is 0 Å². The van der Waals surface area contributed by atoms with E-state index in [2.05, 4.69) is 216 Å². The Morgan fingerprint density at radius 3 is 1.05 bits per heavy atom. The van der Waals surface area contributed by atoms with Gasteiger partial charge in [0.2, 0.25) is 0 Å². The van der Waals surface area contributed by atoms with E-state index in [1.807, 2.05) is 22.7 Å². The molecule has 0 N–H and O–H groups in total. The summed E-state index contributed by atoms with van der Waals surface area (Å²) in [5.74, 6) is 0. The summed E-state index contributed by atoms with van der Waals surface area (Å²) in [5.41, 5.74) is 6.92. The molecule has 0 saturated heterocycles. The number of benzene rings is 10. The molecular weight excluding hydrogens is 741 g/mol. The van der Waals surface area contributed by atoms with Crippen molar-refractivity contribution in [3.05, 3.63) is 206 Å². The molecule has 0 saturated carbocycles. The molecule has 0 aliphatic heterocycles. The van der Waals surface area contributed by atoms with Gasteiger partial charge in [-0.25, -0.2) is 0 Å². The molecule has 12 rings (SSSR count). The van der Waals surface area contributed by atoms with Gasteiger partial charge in [0.15, 0.2) is 0 Å². The predicted molar refractivity (Wildman–Crippen MR) is 254 cm³/mol. The van der Waals surface area contributed by atoms with Gasteiger partial charge in [-0.15, -0.1) is 22.7 Å². The Hall–Kier alpha value is -6.98. The number of hydrogen-bond donors (Lipinski definition) is 0. The second-order valence-electron chi connectivity index (χ2n) is 14.9. The van der Waals surface area contributed by atoms with Crippen LogP contribution >= 0.6 is 22.7 Å². The van der Waals surface area contributed by atoms with E-state index in [0.717, 1.165) is 22.7 Å². The third-order valence-corrected chi connectivity index (χ3v) is 14.0. The van der Waals surface area contributed by atoms with Crippen LogP contribution in [-0.2, 0) is 0 Å². The molecule has 2 nitrogen and oxygen atoms in total. The van der Waals surface area contributed by atoms with Crippen LogP contribution in [-0.4, -0.2) is 0 Å².